The molecular formula is C21H24N4O3. The molecule has 2 heterocycles. The molecule has 0 bridgehead atoms. The number of aromatic nitrogens is 2. The van der Waals surface area contributed by atoms with Crippen LogP contribution in [0.15, 0.2) is 47.4 Å². The van der Waals surface area contributed by atoms with Crippen LogP contribution in [-0.4, -0.2) is 29.2 Å². The number of fused-ring (bicyclic) bond motifs is 1. The molecule has 28 heavy (non-hydrogen) atoms. The quantitative estimate of drug-likeness (QED) is 0.641. The summed E-state index contributed by atoms with van der Waals surface area (Å²) in [7, 11) is 3.23. The average molecular weight is 380 g/mol. The molecule has 0 aliphatic rings. The smallest absolute Gasteiger partial charge is 0.319 e. The van der Waals surface area contributed by atoms with Crippen molar-refractivity contribution in [3.63, 3.8) is 0 Å². The number of methoxy groups -OCH3 is 1. The minimum atomic E-state index is -0.405. The molecular weight excluding hydrogens is 356 g/mol. The van der Waals surface area contributed by atoms with Crippen molar-refractivity contribution in [2.75, 3.05) is 19.0 Å². The van der Waals surface area contributed by atoms with E-state index in [1.165, 1.54) is 4.57 Å². The third kappa shape index (κ3) is 3.83. The van der Waals surface area contributed by atoms with E-state index in [4.69, 9.17) is 4.74 Å². The van der Waals surface area contributed by atoms with E-state index in [1.54, 1.807) is 20.4 Å². The molecule has 1 aromatic carbocycles. The number of hydrogen-bond acceptors (Lipinski definition) is 4. The zero-order valence-corrected chi connectivity index (χ0v) is 16.3. The maximum absolute atomic E-state index is 13.0. The van der Waals surface area contributed by atoms with Gasteiger partial charge in [-0.2, -0.15) is 0 Å². The molecule has 3 aromatic rings. The molecule has 0 unspecified atom stereocenters. The molecule has 0 spiro atoms. The molecule has 2 N–H and O–H groups in total. The fourth-order valence-electron chi connectivity index (χ4n) is 3.10. The predicted molar refractivity (Wildman–Crippen MR) is 111 cm³/mol. The highest BCUT2D eigenvalue weighted by atomic mass is 16.5. The highest BCUT2D eigenvalue weighted by Crippen LogP contribution is 2.34. The van der Waals surface area contributed by atoms with Crippen molar-refractivity contribution in [3.05, 3.63) is 52.9 Å². The van der Waals surface area contributed by atoms with Crippen LogP contribution in [0.5, 0.6) is 5.75 Å². The predicted octanol–water partition coefficient (Wildman–Crippen LogP) is 3.53. The summed E-state index contributed by atoms with van der Waals surface area (Å²) in [4.78, 5) is 29.8. The Bertz CT molecular complexity index is 1060. The lowest BCUT2D eigenvalue weighted by Gasteiger charge is -2.17. The number of unbranched alkanes of at least 4 members (excludes halogenated alkanes) is 1. The number of aryl methyl sites for hydroxylation is 1. The summed E-state index contributed by atoms with van der Waals surface area (Å²) < 4.78 is 6.78. The highest BCUT2D eigenvalue weighted by molar-refractivity contribution is 6.04. The van der Waals surface area contributed by atoms with Crippen LogP contribution in [0.4, 0.5) is 10.5 Å². The van der Waals surface area contributed by atoms with Gasteiger partial charge in [0, 0.05) is 30.7 Å². The molecule has 0 saturated heterocycles. The van der Waals surface area contributed by atoms with Crippen molar-refractivity contribution in [1.29, 1.82) is 0 Å². The molecule has 0 saturated carbocycles. The summed E-state index contributed by atoms with van der Waals surface area (Å²) in [6.07, 6.45) is 3.48. The summed E-state index contributed by atoms with van der Waals surface area (Å²) in [5, 5.41) is 6.31. The fraction of sp³-hybridized carbons (Fsp3) is 0.286. The van der Waals surface area contributed by atoms with E-state index in [1.807, 2.05) is 43.3 Å². The number of hydrogen-bond donors (Lipinski definition) is 2. The zero-order chi connectivity index (χ0) is 20.1. The van der Waals surface area contributed by atoms with Gasteiger partial charge in [-0.1, -0.05) is 25.5 Å². The molecule has 2 aromatic heterocycles. The van der Waals surface area contributed by atoms with Crippen molar-refractivity contribution < 1.29 is 9.53 Å². The molecule has 2 amide bonds. The Balaban J connectivity index is 2.19. The Morgan fingerprint density at radius 2 is 2.07 bits per heavy atom. The maximum atomic E-state index is 13.0. The third-order valence-corrected chi connectivity index (χ3v) is 4.56. The Morgan fingerprint density at radius 1 is 1.25 bits per heavy atom. The number of benzene rings is 1. The van der Waals surface area contributed by atoms with Gasteiger partial charge in [-0.05, 0) is 36.2 Å². The van der Waals surface area contributed by atoms with E-state index in [0.717, 1.165) is 23.8 Å². The maximum Gasteiger partial charge on any atom is 0.319 e. The SMILES string of the molecule is CCCCNC(=O)Nc1c(-c2cccc(OC)c2)c2cccnc2n(C)c1=O. The van der Waals surface area contributed by atoms with Gasteiger partial charge in [-0.25, -0.2) is 9.78 Å². The van der Waals surface area contributed by atoms with Crippen LogP contribution < -0.4 is 20.9 Å². The fourth-order valence-corrected chi connectivity index (χ4v) is 3.10. The van der Waals surface area contributed by atoms with Gasteiger partial charge in [0.05, 0.1) is 7.11 Å². The number of carbonyl (C=O) groups is 1. The van der Waals surface area contributed by atoms with Crippen LogP contribution >= 0.6 is 0 Å². The largest absolute Gasteiger partial charge is 0.497 e. The van der Waals surface area contributed by atoms with E-state index in [-0.39, 0.29) is 11.2 Å². The Labute approximate surface area is 163 Å². The topological polar surface area (TPSA) is 85.2 Å². The average Bonchev–Trinajstić information content (AvgIpc) is 2.72. The number of carbonyl (C=O) groups excluding carboxylic acids is 1. The number of nitrogens with one attached hydrogen (secondary N) is 2. The van der Waals surface area contributed by atoms with Gasteiger partial charge in [0.15, 0.2) is 0 Å². The summed E-state index contributed by atoms with van der Waals surface area (Å²) >= 11 is 0. The monoisotopic (exact) mass is 380 g/mol. The highest BCUT2D eigenvalue weighted by Gasteiger charge is 2.19. The second kappa shape index (κ2) is 8.56. The van der Waals surface area contributed by atoms with Crippen LogP contribution in [0, 0.1) is 0 Å². The summed E-state index contributed by atoms with van der Waals surface area (Å²) in [5.41, 5.74) is 1.82. The first-order chi connectivity index (χ1) is 13.6. The lowest BCUT2D eigenvalue weighted by atomic mass is 10.00. The minimum Gasteiger partial charge on any atom is -0.497 e. The summed E-state index contributed by atoms with van der Waals surface area (Å²) in [6.45, 7) is 2.60. The van der Waals surface area contributed by atoms with Crippen molar-refractivity contribution >= 4 is 22.8 Å². The van der Waals surface area contributed by atoms with Gasteiger partial charge in [0.2, 0.25) is 0 Å². The van der Waals surface area contributed by atoms with Gasteiger partial charge in [0.25, 0.3) is 5.56 Å². The van der Waals surface area contributed by atoms with Gasteiger partial charge < -0.3 is 15.4 Å². The van der Waals surface area contributed by atoms with Crippen LogP contribution in [0.1, 0.15) is 19.8 Å². The lowest BCUT2D eigenvalue weighted by molar-refractivity contribution is 0.252. The van der Waals surface area contributed by atoms with Crippen molar-refractivity contribution in [3.8, 4) is 16.9 Å². The number of nitrogens with zero attached hydrogens (tertiary/aromatic N) is 2. The first kappa shape index (κ1) is 19.4. The van der Waals surface area contributed by atoms with E-state index in [9.17, 15) is 9.59 Å². The third-order valence-electron chi connectivity index (χ3n) is 4.56. The number of urea groups is 1. The zero-order valence-electron chi connectivity index (χ0n) is 16.3. The lowest BCUT2D eigenvalue weighted by Crippen LogP contribution is -2.33. The summed E-state index contributed by atoms with van der Waals surface area (Å²) in [6, 6.07) is 10.7. The standard InChI is InChI=1S/C21H24N4O3/c1-4-5-11-23-21(27)24-18-17(14-8-6-9-15(13-14)28-3)16-10-7-12-22-19(16)25(2)20(18)26/h6-10,12-13H,4-5,11H2,1-3H3,(H2,23,24,27). The Hall–Kier alpha value is -3.35. The molecule has 3 rings (SSSR count). The first-order valence-corrected chi connectivity index (χ1v) is 9.23. The second-order valence-corrected chi connectivity index (χ2v) is 6.46. The number of anilines is 1. The van der Waals surface area contributed by atoms with Gasteiger partial charge in [-0.15, -0.1) is 0 Å². The Morgan fingerprint density at radius 3 is 2.82 bits per heavy atom. The van der Waals surface area contributed by atoms with E-state index < -0.39 is 6.03 Å². The second-order valence-electron chi connectivity index (χ2n) is 6.46. The molecule has 7 heteroatoms. The molecule has 146 valence electrons. The van der Waals surface area contributed by atoms with Gasteiger partial charge in [0.1, 0.15) is 17.1 Å². The minimum absolute atomic E-state index is 0.213. The van der Waals surface area contributed by atoms with E-state index in [2.05, 4.69) is 15.6 Å². The number of rotatable bonds is 6. The van der Waals surface area contributed by atoms with Gasteiger partial charge >= 0.3 is 6.03 Å². The molecule has 0 atom stereocenters. The number of pyridine rings is 2. The van der Waals surface area contributed by atoms with Crippen LogP contribution in [-0.2, 0) is 7.05 Å². The van der Waals surface area contributed by atoms with Gasteiger partial charge in [-0.3, -0.25) is 9.36 Å². The number of amides is 2. The van der Waals surface area contributed by atoms with Crippen molar-refractivity contribution in [1.82, 2.24) is 14.9 Å². The summed E-state index contributed by atoms with van der Waals surface area (Å²) in [5.74, 6) is 0.661. The molecule has 0 aliphatic heterocycles. The van der Waals surface area contributed by atoms with E-state index in [0.29, 0.717) is 23.5 Å². The first-order valence-electron chi connectivity index (χ1n) is 9.23. The van der Waals surface area contributed by atoms with Crippen LogP contribution in [0.3, 0.4) is 0 Å². The van der Waals surface area contributed by atoms with Crippen LogP contribution in [0.25, 0.3) is 22.2 Å². The van der Waals surface area contributed by atoms with E-state index >= 15 is 0 Å². The molecule has 0 fully saturated rings. The molecule has 7 nitrogen and oxygen atoms in total. The molecule has 0 radical (unpaired) electrons. The van der Waals surface area contributed by atoms with Crippen LogP contribution in [0.2, 0.25) is 0 Å². The molecule has 0 aliphatic carbocycles. The van der Waals surface area contributed by atoms with Crippen molar-refractivity contribution in [2.45, 2.75) is 19.8 Å². The normalized spacial score (nSPS) is 10.7. The number of ether oxygens (including phenoxy) is 1. The Kier molecular flexibility index (Phi) is 5.93. The van der Waals surface area contributed by atoms with Crippen molar-refractivity contribution in [2.24, 2.45) is 7.05 Å².